The van der Waals surface area contributed by atoms with Gasteiger partial charge in [0.1, 0.15) is 5.82 Å². The summed E-state index contributed by atoms with van der Waals surface area (Å²) in [5.41, 5.74) is 1.15. The number of nitrogens with one attached hydrogen (secondary N) is 1. The van der Waals surface area contributed by atoms with Crippen LogP contribution in [0.25, 0.3) is 0 Å². The molecule has 0 spiro atoms. The molecule has 1 aromatic rings. The van der Waals surface area contributed by atoms with Crippen molar-refractivity contribution in [1.82, 2.24) is 10.2 Å². The smallest absolute Gasteiger partial charge is 0.124 e. The Kier molecular flexibility index (Phi) is 5.69. The van der Waals surface area contributed by atoms with Crippen LogP contribution in [0.1, 0.15) is 5.56 Å². The van der Waals surface area contributed by atoms with Crippen LogP contribution in [0.3, 0.4) is 0 Å². The standard InChI is InChI=1S/C11H14BrFN2.ClH/c12-11-7-10(13)2-1-9(11)8-15-5-3-14-4-6-15;/h1-2,7,14H,3-6,8H2;1H. The van der Waals surface area contributed by atoms with E-state index in [-0.39, 0.29) is 18.2 Å². The van der Waals surface area contributed by atoms with Gasteiger partial charge in [0, 0.05) is 37.2 Å². The Morgan fingerprint density at radius 3 is 2.62 bits per heavy atom. The van der Waals surface area contributed by atoms with Crippen LogP contribution in [0.2, 0.25) is 0 Å². The summed E-state index contributed by atoms with van der Waals surface area (Å²) in [6, 6.07) is 4.89. The number of benzene rings is 1. The number of hydrogen-bond donors (Lipinski definition) is 1. The topological polar surface area (TPSA) is 15.3 Å². The zero-order valence-electron chi connectivity index (χ0n) is 8.88. The fraction of sp³-hybridized carbons (Fsp3) is 0.455. The maximum absolute atomic E-state index is 12.9. The molecule has 1 N–H and O–H groups in total. The zero-order chi connectivity index (χ0) is 10.7. The van der Waals surface area contributed by atoms with E-state index in [0.717, 1.165) is 42.8 Å². The number of piperazine rings is 1. The molecule has 0 saturated carbocycles. The van der Waals surface area contributed by atoms with Crippen LogP contribution >= 0.6 is 28.3 Å². The molecule has 2 nitrogen and oxygen atoms in total. The maximum Gasteiger partial charge on any atom is 0.124 e. The van der Waals surface area contributed by atoms with Crippen molar-refractivity contribution in [3.05, 3.63) is 34.1 Å². The van der Waals surface area contributed by atoms with Crippen LogP contribution in [0.15, 0.2) is 22.7 Å². The van der Waals surface area contributed by atoms with E-state index in [9.17, 15) is 4.39 Å². The molecule has 0 bridgehead atoms. The molecule has 0 aromatic heterocycles. The van der Waals surface area contributed by atoms with Crippen LogP contribution in [0, 0.1) is 5.82 Å². The molecule has 0 unspecified atom stereocenters. The van der Waals surface area contributed by atoms with Gasteiger partial charge in [-0.15, -0.1) is 12.4 Å². The van der Waals surface area contributed by atoms with Gasteiger partial charge in [-0.1, -0.05) is 22.0 Å². The van der Waals surface area contributed by atoms with Gasteiger partial charge in [0.05, 0.1) is 0 Å². The van der Waals surface area contributed by atoms with E-state index in [1.165, 1.54) is 12.1 Å². The van der Waals surface area contributed by atoms with E-state index in [2.05, 4.69) is 26.1 Å². The van der Waals surface area contributed by atoms with Gasteiger partial charge >= 0.3 is 0 Å². The van der Waals surface area contributed by atoms with Crippen molar-refractivity contribution in [3.8, 4) is 0 Å². The Labute approximate surface area is 110 Å². The highest BCUT2D eigenvalue weighted by Crippen LogP contribution is 2.19. The van der Waals surface area contributed by atoms with Crippen molar-refractivity contribution in [3.63, 3.8) is 0 Å². The number of hydrogen-bond acceptors (Lipinski definition) is 2. The first-order valence-corrected chi connectivity index (χ1v) is 5.92. The Morgan fingerprint density at radius 2 is 2.00 bits per heavy atom. The molecule has 1 aromatic carbocycles. The van der Waals surface area contributed by atoms with Gasteiger partial charge in [-0.3, -0.25) is 4.90 Å². The molecular formula is C11H15BrClFN2. The third kappa shape index (κ3) is 3.70. The summed E-state index contributed by atoms with van der Waals surface area (Å²) in [4.78, 5) is 2.37. The molecule has 90 valence electrons. The first-order valence-electron chi connectivity index (χ1n) is 5.13. The molecular weight excluding hydrogens is 294 g/mol. The number of halogens is 3. The van der Waals surface area contributed by atoms with Crippen molar-refractivity contribution >= 4 is 28.3 Å². The van der Waals surface area contributed by atoms with Crippen molar-refractivity contribution in [2.75, 3.05) is 26.2 Å². The van der Waals surface area contributed by atoms with E-state index in [0.29, 0.717) is 0 Å². The molecule has 0 amide bonds. The van der Waals surface area contributed by atoms with E-state index in [4.69, 9.17) is 0 Å². The molecule has 2 rings (SSSR count). The quantitative estimate of drug-likeness (QED) is 0.902. The average molecular weight is 310 g/mol. The lowest BCUT2D eigenvalue weighted by Gasteiger charge is -2.27. The molecule has 1 heterocycles. The van der Waals surface area contributed by atoms with Gasteiger partial charge in [0.25, 0.3) is 0 Å². The lowest BCUT2D eigenvalue weighted by atomic mass is 10.2. The summed E-state index contributed by atoms with van der Waals surface area (Å²) in [5.74, 6) is -0.189. The summed E-state index contributed by atoms with van der Waals surface area (Å²) >= 11 is 3.39. The molecule has 0 aliphatic carbocycles. The molecule has 1 aliphatic rings. The fourth-order valence-electron chi connectivity index (χ4n) is 1.76. The zero-order valence-corrected chi connectivity index (χ0v) is 11.3. The molecule has 16 heavy (non-hydrogen) atoms. The summed E-state index contributed by atoms with van der Waals surface area (Å²) < 4.78 is 13.7. The van der Waals surface area contributed by atoms with Crippen molar-refractivity contribution < 1.29 is 4.39 Å². The monoisotopic (exact) mass is 308 g/mol. The lowest BCUT2D eigenvalue weighted by molar-refractivity contribution is 0.233. The Morgan fingerprint density at radius 1 is 1.31 bits per heavy atom. The first kappa shape index (κ1) is 13.9. The normalized spacial score (nSPS) is 16.9. The highest BCUT2D eigenvalue weighted by atomic mass is 79.9. The Balaban J connectivity index is 0.00000128. The van der Waals surface area contributed by atoms with Gasteiger partial charge in [-0.05, 0) is 17.7 Å². The highest BCUT2D eigenvalue weighted by molar-refractivity contribution is 9.10. The van der Waals surface area contributed by atoms with Gasteiger partial charge < -0.3 is 5.32 Å². The third-order valence-corrected chi connectivity index (χ3v) is 3.36. The summed E-state index contributed by atoms with van der Waals surface area (Å²) in [6.07, 6.45) is 0. The van der Waals surface area contributed by atoms with Crippen LogP contribution in [0.5, 0.6) is 0 Å². The first-order chi connectivity index (χ1) is 7.25. The average Bonchev–Trinajstić information content (AvgIpc) is 2.24. The molecule has 1 aliphatic heterocycles. The van der Waals surface area contributed by atoms with Gasteiger partial charge in [0.15, 0.2) is 0 Å². The molecule has 1 fully saturated rings. The predicted molar refractivity (Wildman–Crippen MR) is 69.5 cm³/mol. The van der Waals surface area contributed by atoms with E-state index < -0.39 is 0 Å². The van der Waals surface area contributed by atoms with Crippen LogP contribution in [0.4, 0.5) is 4.39 Å². The summed E-state index contributed by atoms with van der Waals surface area (Å²) in [5, 5.41) is 3.31. The second-order valence-corrected chi connectivity index (χ2v) is 4.62. The lowest BCUT2D eigenvalue weighted by Crippen LogP contribution is -2.42. The number of rotatable bonds is 2. The minimum Gasteiger partial charge on any atom is -0.314 e. The van der Waals surface area contributed by atoms with E-state index in [1.54, 1.807) is 0 Å². The molecule has 1 saturated heterocycles. The highest BCUT2D eigenvalue weighted by Gasteiger charge is 2.11. The van der Waals surface area contributed by atoms with Gasteiger partial charge in [-0.25, -0.2) is 4.39 Å². The van der Waals surface area contributed by atoms with Crippen molar-refractivity contribution in [1.29, 1.82) is 0 Å². The SMILES string of the molecule is Cl.Fc1ccc(CN2CCNCC2)c(Br)c1. The molecule has 0 atom stereocenters. The second kappa shape index (κ2) is 6.55. The minimum atomic E-state index is -0.189. The fourth-order valence-corrected chi connectivity index (χ4v) is 2.24. The summed E-state index contributed by atoms with van der Waals surface area (Å²) in [7, 11) is 0. The van der Waals surface area contributed by atoms with Gasteiger partial charge in [-0.2, -0.15) is 0 Å². The molecule has 5 heteroatoms. The minimum absolute atomic E-state index is 0. The van der Waals surface area contributed by atoms with Crippen molar-refractivity contribution in [2.45, 2.75) is 6.54 Å². The Bertz CT molecular complexity index is 343. The van der Waals surface area contributed by atoms with E-state index in [1.807, 2.05) is 6.07 Å². The largest absolute Gasteiger partial charge is 0.314 e. The molecule has 0 radical (unpaired) electrons. The van der Waals surface area contributed by atoms with Crippen molar-refractivity contribution in [2.24, 2.45) is 0 Å². The third-order valence-electron chi connectivity index (χ3n) is 2.62. The summed E-state index contributed by atoms with van der Waals surface area (Å²) in [6.45, 7) is 5.09. The number of nitrogens with zero attached hydrogens (tertiary/aromatic N) is 1. The van der Waals surface area contributed by atoms with Crippen LogP contribution in [-0.2, 0) is 6.54 Å². The maximum atomic E-state index is 12.9. The van der Waals surface area contributed by atoms with Crippen LogP contribution in [-0.4, -0.2) is 31.1 Å². The Hall–Kier alpha value is -0.160. The van der Waals surface area contributed by atoms with Gasteiger partial charge in [0.2, 0.25) is 0 Å². The van der Waals surface area contributed by atoms with E-state index >= 15 is 0 Å². The van der Waals surface area contributed by atoms with Crippen LogP contribution < -0.4 is 5.32 Å². The predicted octanol–water partition coefficient (Wildman–Crippen LogP) is 2.42. The second-order valence-electron chi connectivity index (χ2n) is 3.76.